The van der Waals surface area contributed by atoms with Gasteiger partial charge in [-0.1, -0.05) is 0 Å². The lowest BCUT2D eigenvalue weighted by Crippen LogP contribution is -2.24. The number of hydrogen-bond donors (Lipinski definition) is 1. The second-order valence-electron chi connectivity index (χ2n) is 2.38. The highest BCUT2D eigenvalue weighted by Crippen LogP contribution is 2.08. The fourth-order valence-corrected chi connectivity index (χ4v) is 0.937. The summed E-state index contributed by atoms with van der Waals surface area (Å²) < 4.78 is 6.03. The number of rotatable bonds is 2. The average Bonchev–Trinajstić information content (AvgIpc) is 2.48. The first-order chi connectivity index (χ1) is 5.66. The Kier molecular flexibility index (Phi) is 2.44. The molecule has 0 saturated carbocycles. The van der Waals surface area contributed by atoms with Crippen LogP contribution in [-0.4, -0.2) is 22.9 Å². The van der Waals surface area contributed by atoms with E-state index in [0.29, 0.717) is 5.69 Å². The number of hydrogen-bond acceptors (Lipinski definition) is 4. The maximum Gasteiger partial charge on any atom is 0.328 e. The van der Waals surface area contributed by atoms with Crippen molar-refractivity contribution in [2.45, 2.75) is 6.04 Å². The van der Waals surface area contributed by atoms with Gasteiger partial charge in [0.1, 0.15) is 6.04 Å². The van der Waals surface area contributed by atoms with Crippen molar-refractivity contribution in [3.8, 4) is 0 Å². The maximum absolute atomic E-state index is 11.0. The Morgan fingerprint density at radius 1 is 1.83 bits per heavy atom. The van der Waals surface area contributed by atoms with Crippen LogP contribution in [0.5, 0.6) is 0 Å². The minimum atomic E-state index is -0.748. The van der Waals surface area contributed by atoms with E-state index in [1.165, 1.54) is 7.11 Å². The summed E-state index contributed by atoms with van der Waals surface area (Å²) in [6.45, 7) is 0. The van der Waals surface area contributed by atoms with E-state index in [1.807, 2.05) is 0 Å². The molecule has 0 spiro atoms. The van der Waals surface area contributed by atoms with Gasteiger partial charge < -0.3 is 10.5 Å². The average molecular weight is 169 g/mol. The molecule has 0 unspecified atom stereocenters. The van der Waals surface area contributed by atoms with Gasteiger partial charge >= 0.3 is 5.97 Å². The predicted octanol–water partition coefficient (Wildman–Crippen LogP) is -0.407. The summed E-state index contributed by atoms with van der Waals surface area (Å²) in [5, 5.41) is 3.88. The van der Waals surface area contributed by atoms with Crippen molar-refractivity contribution in [2.75, 3.05) is 7.11 Å². The van der Waals surface area contributed by atoms with Gasteiger partial charge in [0.25, 0.3) is 0 Å². The van der Waals surface area contributed by atoms with Crippen LogP contribution < -0.4 is 5.73 Å². The number of nitrogens with zero attached hydrogens (tertiary/aromatic N) is 2. The van der Waals surface area contributed by atoms with E-state index in [9.17, 15) is 4.79 Å². The molecule has 0 aliphatic rings. The van der Waals surface area contributed by atoms with Gasteiger partial charge in [0, 0.05) is 13.2 Å². The van der Waals surface area contributed by atoms with Gasteiger partial charge in [-0.05, 0) is 6.07 Å². The molecule has 1 aromatic rings. The van der Waals surface area contributed by atoms with E-state index in [2.05, 4.69) is 9.84 Å². The van der Waals surface area contributed by atoms with Crippen LogP contribution in [0.1, 0.15) is 11.7 Å². The molecule has 1 atom stereocenters. The number of carbonyl (C=O) groups is 1. The second kappa shape index (κ2) is 3.36. The number of methoxy groups -OCH3 is 1. The standard InChI is InChI=1S/C7H11N3O2/c1-10-5(3-4-9-10)6(8)7(11)12-2/h3-4,6H,8H2,1-2H3/t6-/m0/s1. The van der Waals surface area contributed by atoms with Crippen LogP contribution in [0.25, 0.3) is 0 Å². The van der Waals surface area contributed by atoms with Gasteiger partial charge in [-0.25, -0.2) is 4.79 Å². The zero-order valence-electron chi connectivity index (χ0n) is 7.02. The first kappa shape index (κ1) is 8.73. The molecule has 0 amide bonds. The first-order valence-corrected chi connectivity index (χ1v) is 3.48. The molecule has 0 aliphatic carbocycles. The van der Waals surface area contributed by atoms with E-state index in [0.717, 1.165) is 0 Å². The Balaban J connectivity index is 2.84. The smallest absolute Gasteiger partial charge is 0.328 e. The van der Waals surface area contributed by atoms with Crippen LogP contribution in [0.2, 0.25) is 0 Å². The molecule has 5 nitrogen and oxygen atoms in total. The topological polar surface area (TPSA) is 70.1 Å². The lowest BCUT2D eigenvalue weighted by Gasteiger charge is -2.08. The first-order valence-electron chi connectivity index (χ1n) is 3.48. The number of aryl methyl sites for hydroxylation is 1. The van der Waals surface area contributed by atoms with E-state index in [1.54, 1.807) is 24.0 Å². The number of nitrogens with two attached hydrogens (primary N) is 1. The third kappa shape index (κ3) is 1.45. The second-order valence-corrected chi connectivity index (χ2v) is 2.38. The summed E-state index contributed by atoms with van der Waals surface area (Å²) in [7, 11) is 3.02. The maximum atomic E-state index is 11.0. The Hall–Kier alpha value is -1.36. The van der Waals surface area contributed by atoms with Crippen LogP contribution in [0.4, 0.5) is 0 Å². The summed E-state index contributed by atoms with van der Waals surface area (Å²) in [5.41, 5.74) is 6.20. The molecule has 12 heavy (non-hydrogen) atoms. The minimum Gasteiger partial charge on any atom is -0.468 e. The van der Waals surface area contributed by atoms with Crippen molar-refractivity contribution in [2.24, 2.45) is 12.8 Å². The number of esters is 1. The van der Waals surface area contributed by atoms with E-state index >= 15 is 0 Å². The fourth-order valence-electron chi connectivity index (χ4n) is 0.937. The number of aromatic nitrogens is 2. The lowest BCUT2D eigenvalue weighted by atomic mass is 10.2. The molecule has 0 radical (unpaired) electrons. The summed E-state index contributed by atoms with van der Waals surface area (Å²) in [4.78, 5) is 11.0. The van der Waals surface area contributed by atoms with Crippen LogP contribution in [0.15, 0.2) is 12.3 Å². The van der Waals surface area contributed by atoms with Gasteiger partial charge in [-0.2, -0.15) is 5.10 Å². The van der Waals surface area contributed by atoms with Crippen LogP contribution in [-0.2, 0) is 16.6 Å². The van der Waals surface area contributed by atoms with Crippen LogP contribution in [0, 0.1) is 0 Å². The highest BCUT2D eigenvalue weighted by atomic mass is 16.5. The van der Waals surface area contributed by atoms with Crippen LogP contribution in [0.3, 0.4) is 0 Å². The summed E-state index contributed by atoms with van der Waals surface area (Å²) in [5.74, 6) is -0.460. The molecule has 0 aliphatic heterocycles. The van der Waals surface area contributed by atoms with Crippen molar-refractivity contribution < 1.29 is 9.53 Å². The highest BCUT2D eigenvalue weighted by Gasteiger charge is 2.18. The van der Waals surface area contributed by atoms with E-state index < -0.39 is 12.0 Å². The summed E-state index contributed by atoms with van der Waals surface area (Å²) in [6.07, 6.45) is 1.58. The van der Waals surface area contributed by atoms with Crippen molar-refractivity contribution >= 4 is 5.97 Å². The Morgan fingerprint density at radius 2 is 2.50 bits per heavy atom. The molecule has 0 bridgehead atoms. The summed E-state index contributed by atoms with van der Waals surface area (Å²) >= 11 is 0. The van der Waals surface area contributed by atoms with Crippen molar-refractivity contribution in [1.82, 2.24) is 9.78 Å². The largest absolute Gasteiger partial charge is 0.468 e. The minimum absolute atomic E-state index is 0.460. The molecule has 0 fully saturated rings. The molecular formula is C7H11N3O2. The third-order valence-corrected chi connectivity index (χ3v) is 1.63. The SMILES string of the molecule is COC(=O)[C@@H](N)c1ccnn1C. The van der Waals surface area contributed by atoms with Crippen LogP contribution >= 0.6 is 0 Å². The Morgan fingerprint density at radius 3 is 2.92 bits per heavy atom. The van der Waals surface area contributed by atoms with E-state index in [4.69, 9.17) is 5.73 Å². The van der Waals surface area contributed by atoms with Gasteiger partial charge in [0.2, 0.25) is 0 Å². The van der Waals surface area contributed by atoms with Crippen molar-refractivity contribution in [3.63, 3.8) is 0 Å². The van der Waals surface area contributed by atoms with E-state index in [-0.39, 0.29) is 0 Å². The van der Waals surface area contributed by atoms with Crippen molar-refractivity contribution in [1.29, 1.82) is 0 Å². The zero-order chi connectivity index (χ0) is 9.14. The molecular weight excluding hydrogens is 158 g/mol. The van der Waals surface area contributed by atoms with Gasteiger partial charge in [-0.15, -0.1) is 0 Å². The summed E-state index contributed by atoms with van der Waals surface area (Å²) in [6, 6.07) is 0.934. The molecule has 1 rings (SSSR count). The fraction of sp³-hybridized carbons (Fsp3) is 0.429. The van der Waals surface area contributed by atoms with Crippen molar-refractivity contribution in [3.05, 3.63) is 18.0 Å². The monoisotopic (exact) mass is 169 g/mol. The Bertz CT molecular complexity index is 282. The Labute approximate surface area is 70.1 Å². The lowest BCUT2D eigenvalue weighted by molar-refractivity contribution is -0.142. The highest BCUT2D eigenvalue weighted by molar-refractivity contribution is 5.76. The zero-order valence-corrected chi connectivity index (χ0v) is 7.02. The third-order valence-electron chi connectivity index (χ3n) is 1.63. The molecule has 66 valence electrons. The van der Waals surface area contributed by atoms with Gasteiger partial charge in [0.15, 0.2) is 0 Å². The molecule has 2 N–H and O–H groups in total. The number of ether oxygens (including phenoxy) is 1. The molecule has 0 saturated heterocycles. The molecule has 1 heterocycles. The molecule has 1 aromatic heterocycles. The quantitative estimate of drug-likeness (QED) is 0.611. The number of carbonyl (C=O) groups excluding carboxylic acids is 1. The normalized spacial score (nSPS) is 12.6. The van der Waals surface area contributed by atoms with Gasteiger partial charge in [-0.3, -0.25) is 4.68 Å². The molecule has 5 heteroatoms. The predicted molar refractivity (Wildman–Crippen MR) is 42.2 cm³/mol. The molecule has 0 aromatic carbocycles. The van der Waals surface area contributed by atoms with Gasteiger partial charge in [0.05, 0.1) is 12.8 Å².